The van der Waals surface area contributed by atoms with Crippen LogP contribution in [0, 0.1) is 0 Å². The molecule has 0 fully saturated rings. The van der Waals surface area contributed by atoms with Crippen molar-refractivity contribution in [2.75, 3.05) is 0 Å². The lowest BCUT2D eigenvalue weighted by Gasteiger charge is -2.39. The SMILES string of the molecule is CC(OC(c1ccccc1)(c1ccccc1)c1ccccc1)[C@H](C)N. The van der Waals surface area contributed by atoms with Crippen molar-refractivity contribution in [3.05, 3.63) is 108 Å². The second-order valence-corrected chi connectivity index (χ2v) is 6.46. The Hall–Kier alpha value is -2.42. The Labute approximate surface area is 150 Å². The zero-order chi connectivity index (χ0) is 17.7. The number of rotatable bonds is 6. The predicted molar refractivity (Wildman–Crippen MR) is 103 cm³/mol. The third kappa shape index (κ3) is 3.51. The van der Waals surface area contributed by atoms with Crippen molar-refractivity contribution in [3.63, 3.8) is 0 Å². The standard InChI is InChI=1S/C23H25NO/c1-18(24)19(2)25-23(20-12-6-3-7-13-20,21-14-8-4-9-15-21)22-16-10-5-11-17-22/h3-19H,24H2,1-2H3/t18-,19?/m0/s1. The first-order chi connectivity index (χ1) is 12.1. The van der Waals surface area contributed by atoms with Crippen LogP contribution in [0.15, 0.2) is 91.0 Å². The molecule has 3 rings (SSSR count). The molecule has 0 heterocycles. The largest absolute Gasteiger partial charge is 0.356 e. The van der Waals surface area contributed by atoms with Crippen molar-refractivity contribution in [2.45, 2.75) is 31.6 Å². The van der Waals surface area contributed by atoms with Gasteiger partial charge in [0, 0.05) is 6.04 Å². The lowest BCUT2D eigenvalue weighted by atomic mass is 9.80. The van der Waals surface area contributed by atoms with Crippen molar-refractivity contribution < 1.29 is 4.74 Å². The minimum atomic E-state index is -0.698. The van der Waals surface area contributed by atoms with Crippen molar-refractivity contribution in [2.24, 2.45) is 5.73 Å². The third-order valence-electron chi connectivity index (χ3n) is 4.64. The van der Waals surface area contributed by atoms with Gasteiger partial charge in [0.1, 0.15) is 5.60 Å². The summed E-state index contributed by atoms with van der Waals surface area (Å²) in [6.07, 6.45) is -0.111. The van der Waals surface area contributed by atoms with Gasteiger partial charge in [-0.2, -0.15) is 0 Å². The molecule has 0 radical (unpaired) electrons. The Morgan fingerprint density at radius 2 is 0.960 bits per heavy atom. The molecular weight excluding hydrogens is 306 g/mol. The molecule has 2 heteroatoms. The van der Waals surface area contributed by atoms with E-state index in [2.05, 4.69) is 72.8 Å². The first-order valence-electron chi connectivity index (χ1n) is 8.74. The average Bonchev–Trinajstić information content (AvgIpc) is 2.68. The van der Waals surface area contributed by atoms with Gasteiger partial charge in [0.2, 0.25) is 0 Å². The van der Waals surface area contributed by atoms with Crippen LogP contribution in [0.5, 0.6) is 0 Å². The molecule has 0 aliphatic heterocycles. The molecule has 0 aliphatic rings. The molecule has 3 aromatic rings. The average molecular weight is 331 g/mol. The lowest BCUT2D eigenvalue weighted by molar-refractivity contribution is -0.0469. The molecule has 0 saturated carbocycles. The van der Waals surface area contributed by atoms with E-state index in [4.69, 9.17) is 10.5 Å². The van der Waals surface area contributed by atoms with Crippen LogP contribution < -0.4 is 5.73 Å². The van der Waals surface area contributed by atoms with Crippen molar-refractivity contribution in [3.8, 4) is 0 Å². The number of hydrogen-bond acceptors (Lipinski definition) is 2. The number of hydrogen-bond donors (Lipinski definition) is 1. The number of benzene rings is 3. The summed E-state index contributed by atoms with van der Waals surface area (Å²) in [5, 5.41) is 0. The third-order valence-corrected chi connectivity index (χ3v) is 4.64. The predicted octanol–water partition coefficient (Wildman–Crippen LogP) is 4.73. The van der Waals surface area contributed by atoms with Crippen LogP contribution in [-0.4, -0.2) is 12.1 Å². The number of ether oxygens (including phenoxy) is 1. The second kappa shape index (κ2) is 7.64. The molecule has 0 amide bonds. The Kier molecular flexibility index (Phi) is 5.32. The molecule has 3 aromatic carbocycles. The minimum absolute atomic E-state index is 0.0736. The van der Waals surface area contributed by atoms with E-state index in [9.17, 15) is 0 Å². The lowest BCUT2D eigenvalue weighted by Crippen LogP contribution is -2.42. The molecule has 2 nitrogen and oxygen atoms in total. The van der Waals surface area contributed by atoms with Gasteiger partial charge in [0.15, 0.2) is 0 Å². The normalized spacial score (nSPS) is 14.0. The fourth-order valence-corrected chi connectivity index (χ4v) is 3.11. The topological polar surface area (TPSA) is 35.2 Å². The molecular formula is C23H25NO. The van der Waals surface area contributed by atoms with E-state index in [0.29, 0.717) is 0 Å². The summed E-state index contributed by atoms with van der Waals surface area (Å²) in [5.74, 6) is 0. The summed E-state index contributed by atoms with van der Waals surface area (Å²) in [4.78, 5) is 0. The molecule has 1 unspecified atom stereocenters. The van der Waals surface area contributed by atoms with Gasteiger partial charge in [-0.3, -0.25) is 0 Å². The molecule has 2 N–H and O–H groups in total. The van der Waals surface area contributed by atoms with Crippen molar-refractivity contribution in [1.29, 1.82) is 0 Å². The number of nitrogens with two attached hydrogens (primary N) is 1. The highest BCUT2D eigenvalue weighted by atomic mass is 16.5. The Balaban J connectivity index is 2.27. The summed E-state index contributed by atoms with van der Waals surface area (Å²) in [7, 11) is 0. The van der Waals surface area contributed by atoms with E-state index in [1.54, 1.807) is 0 Å². The maximum Gasteiger partial charge on any atom is 0.144 e. The first-order valence-corrected chi connectivity index (χ1v) is 8.74. The second-order valence-electron chi connectivity index (χ2n) is 6.46. The van der Waals surface area contributed by atoms with E-state index in [-0.39, 0.29) is 12.1 Å². The van der Waals surface area contributed by atoms with Crippen molar-refractivity contribution >= 4 is 0 Å². The molecule has 25 heavy (non-hydrogen) atoms. The van der Waals surface area contributed by atoms with Gasteiger partial charge in [-0.1, -0.05) is 91.0 Å². The molecule has 0 bridgehead atoms. The first kappa shape index (κ1) is 17.4. The molecule has 2 atom stereocenters. The molecule has 0 spiro atoms. The summed E-state index contributed by atoms with van der Waals surface area (Å²) in [6.45, 7) is 4.02. The van der Waals surface area contributed by atoms with Gasteiger partial charge in [0.25, 0.3) is 0 Å². The minimum Gasteiger partial charge on any atom is -0.356 e. The zero-order valence-electron chi connectivity index (χ0n) is 14.8. The van der Waals surface area contributed by atoms with Gasteiger partial charge in [-0.25, -0.2) is 0 Å². The van der Waals surface area contributed by atoms with Gasteiger partial charge in [-0.15, -0.1) is 0 Å². The smallest absolute Gasteiger partial charge is 0.144 e. The maximum absolute atomic E-state index is 6.73. The van der Waals surface area contributed by atoms with Gasteiger partial charge in [0.05, 0.1) is 6.10 Å². The summed E-state index contributed by atoms with van der Waals surface area (Å²) >= 11 is 0. The summed E-state index contributed by atoms with van der Waals surface area (Å²) < 4.78 is 6.73. The van der Waals surface area contributed by atoms with Crippen LogP contribution in [0.25, 0.3) is 0 Å². The van der Waals surface area contributed by atoms with E-state index >= 15 is 0 Å². The summed E-state index contributed by atoms with van der Waals surface area (Å²) in [5.41, 5.74) is 8.75. The maximum atomic E-state index is 6.73. The van der Waals surface area contributed by atoms with Gasteiger partial charge < -0.3 is 10.5 Å². The Morgan fingerprint density at radius 3 is 1.24 bits per heavy atom. The highest BCUT2D eigenvalue weighted by Crippen LogP contribution is 2.41. The highest BCUT2D eigenvalue weighted by molar-refractivity contribution is 5.47. The van der Waals surface area contributed by atoms with Crippen LogP contribution in [0.2, 0.25) is 0 Å². The summed E-state index contributed by atoms with van der Waals surface area (Å²) in [6, 6.07) is 31.0. The fourth-order valence-electron chi connectivity index (χ4n) is 3.11. The Morgan fingerprint density at radius 1 is 0.640 bits per heavy atom. The molecule has 0 saturated heterocycles. The van der Waals surface area contributed by atoms with Gasteiger partial charge in [-0.05, 0) is 30.5 Å². The van der Waals surface area contributed by atoms with Crippen LogP contribution in [-0.2, 0) is 10.3 Å². The van der Waals surface area contributed by atoms with E-state index in [0.717, 1.165) is 16.7 Å². The van der Waals surface area contributed by atoms with E-state index < -0.39 is 5.60 Å². The quantitative estimate of drug-likeness (QED) is 0.663. The monoisotopic (exact) mass is 331 g/mol. The van der Waals surface area contributed by atoms with Crippen LogP contribution in [0.3, 0.4) is 0 Å². The highest BCUT2D eigenvalue weighted by Gasteiger charge is 2.39. The zero-order valence-corrected chi connectivity index (χ0v) is 14.8. The molecule has 0 aromatic heterocycles. The van der Waals surface area contributed by atoms with Crippen LogP contribution in [0.4, 0.5) is 0 Å². The van der Waals surface area contributed by atoms with Crippen LogP contribution >= 0.6 is 0 Å². The molecule has 128 valence electrons. The van der Waals surface area contributed by atoms with Crippen LogP contribution in [0.1, 0.15) is 30.5 Å². The Bertz CT molecular complexity index is 672. The van der Waals surface area contributed by atoms with Gasteiger partial charge >= 0.3 is 0 Å². The van der Waals surface area contributed by atoms with Crippen molar-refractivity contribution in [1.82, 2.24) is 0 Å². The van der Waals surface area contributed by atoms with E-state index in [1.165, 1.54) is 0 Å². The van der Waals surface area contributed by atoms with E-state index in [1.807, 2.05) is 32.0 Å². The molecule has 0 aliphatic carbocycles. The fraction of sp³-hybridized carbons (Fsp3) is 0.217.